The zero-order valence-electron chi connectivity index (χ0n) is 35.9. The summed E-state index contributed by atoms with van der Waals surface area (Å²) in [5.41, 5.74) is 1.41. The summed E-state index contributed by atoms with van der Waals surface area (Å²) in [4.78, 5) is 20.1. The molecule has 17 nitrogen and oxygen atoms in total. The van der Waals surface area contributed by atoms with E-state index in [4.69, 9.17) is 15.3 Å². The van der Waals surface area contributed by atoms with Crippen LogP contribution in [0.1, 0.15) is 46.6 Å². The number of anilines is 1. The number of benzene rings is 4. The maximum Gasteiger partial charge on any atom is 0.279 e. The van der Waals surface area contributed by atoms with Crippen molar-refractivity contribution in [2.75, 3.05) is 45.6 Å². The van der Waals surface area contributed by atoms with Crippen molar-refractivity contribution in [3.8, 4) is 10.6 Å². The first kappa shape index (κ1) is 51.6. The number of quaternary nitrogens is 1. The van der Waals surface area contributed by atoms with Gasteiger partial charge in [0.15, 0.2) is 5.70 Å². The number of allylic oxidation sites excluding steroid dienone is 1. The standard InChI is InChI=1S/C28H22N4O8S3.C9H21NO3.C5H13N/c1-15-9-14-22-25(26(15)43(38,39)40)41-28(30-22)17-10-12-18(13-11-17)31-32-24(16(2)33)27(34)29-21-7-3-6-20-19(21)5-4-8-23(20)42(35,36)37;1-7(11)4-10(5-8(2)12)6-9(3)13;1-4-5-6(2)3/h3-14,33H,1-2H3,(H,29,34)(H,35,36,37)(H,38,39,40);7-9,11-13H,4-6H2,1-3H3;4-5H2,1-3H3/p-1/b24-16+,32-31?;;. The lowest BCUT2D eigenvalue weighted by Gasteiger charge is -2.25. The Kier molecular flexibility index (Phi) is 19.2. The molecule has 1 heterocycles. The second kappa shape index (κ2) is 23.1. The maximum absolute atomic E-state index is 13.0. The molecule has 4 aromatic carbocycles. The average Bonchev–Trinajstić information content (AvgIpc) is 3.57. The zero-order chi connectivity index (χ0) is 46.5. The zero-order valence-corrected chi connectivity index (χ0v) is 38.3. The number of aryl methyl sites for hydroxylation is 1. The van der Waals surface area contributed by atoms with Gasteiger partial charge in [-0.3, -0.25) is 9.69 Å². The molecule has 5 aromatic rings. The van der Waals surface area contributed by atoms with Crippen molar-refractivity contribution in [1.82, 2.24) is 9.88 Å². The summed E-state index contributed by atoms with van der Waals surface area (Å²) < 4.78 is 70.7. The van der Waals surface area contributed by atoms with E-state index in [1.54, 1.807) is 58.0 Å². The molecule has 0 fully saturated rings. The first-order chi connectivity index (χ1) is 28.9. The molecular formula is C42H55N6O11S3-. The number of aliphatic hydroxyl groups excluding tert-OH is 4. The Morgan fingerprint density at radius 2 is 1.42 bits per heavy atom. The molecule has 0 bridgehead atoms. The molecule has 3 atom stereocenters. The lowest BCUT2D eigenvalue weighted by molar-refractivity contribution is -0.858. The summed E-state index contributed by atoms with van der Waals surface area (Å²) in [6, 6.07) is 18.1. The first-order valence-corrected chi connectivity index (χ1v) is 23.2. The number of nitrogens with zero attached hydrogens (tertiary/aromatic N) is 4. The highest BCUT2D eigenvalue weighted by Gasteiger charge is 2.18. The van der Waals surface area contributed by atoms with Crippen molar-refractivity contribution in [3.63, 3.8) is 0 Å². The predicted octanol–water partition coefficient (Wildman–Crippen LogP) is 4.72. The molecule has 5 rings (SSSR count). The Labute approximate surface area is 366 Å². The molecule has 1 amide bonds. The molecule has 0 aliphatic carbocycles. The van der Waals surface area contributed by atoms with Gasteiger partial charge in [0.1, 0.15) is 31.0 Å². The van der Waals surface area contributed by atoms with Crippen LogP contribution in [0, 0.1) is 6.92 Å². The summed E-state index contributed by atoms with van der Waals surface area (Å²) in [5, 5.41) is 48.9. The van der Waals surface area contributed by atoms with Crippen LogP contribution >= 0.6 is 11.3 Å². The van der Waals surface area contributed by atoms with Gasteiger partial charge >= 0.3 is 0 Å². The van der Waals surface area contributed by atoms with Gasteiger partial charge in [-0.1, -0.05) is 37.3 Å². The minimum Gasteiger partial charge on any atom is -0.744 e. The van der Waals surface area contributed by atoms with Crippen LogP contribution in [0.2, 0.25) is 0 Å². The minimum absolute atomic E-state index is 0.123. The molecule has 1 aromatic heterocycles. The fourth-order valence-corrected chi connectivity index (χ4v) is 9.18. The van der Waals surface area contributed by atoms with Gasteiger partial charge in [0.2, 0.25) is 0 Å². The van der Waals surface area contributed by atoms with E-state index in [1.807, 2.05) is 4.90 Å². The molecule has 20 heteroatoms. The Bertz CT molecular complexity index is 2550. The van der Waals surface area contributed by atoms with Crippen molar-refractivity contribution in [2.45, 2.75) is 76.1 Å². The topological polar surface area (TPSA) is 270 Å². The highest BCUT2D eigenvalue weighted by molar-refractivity contribution is 7.86. The molecule has 62 heavy (non-hydrogen) atoms. The Morgan fingerprint density at radius 3 is 1.90 bits per heavy atom. The molecule has 0 saturated heterocycles. The fraction of sp³-hybridized carbons (Fsp3) is 0.381. The molecule has 6 N–H and O–H groups in total. The van der Waals surface area contributed by atoms with Crippen LogP contribution in [0.3, 0.4) is 0 Å². The molecule has 0 radical (unpaired) electrons. The molecule has 3 unspecified atom stereocenters. The number of rotatable bonds is 15. The molecule has 0 spiro atoms. The number of hydrogen-bond donors (Lipinski definition) is 6. The molecule has 338 valence electrons. The minimum atomic E-state index is -4.77. The summed E-state index contributed by atoms with van der Waals surface area (Å²) in [5.74, 6) is -1.27. The van der Waals surface area contributed by atoms with E-state index in [2.05, 4.69) is 41.5 Å². The van der Waals surface area contributed by atoms with Gasteiger partial charge < -0.3 is 39.7 Å². The van der Waals surface area contributed by atoms with Crippen LogP contribution in [0.4, 0.5) is 11.4 Å². The van der Waals surface area contributed by atoms with Crippen LogP contribution in [0.5, 0.6) is 0 Å². The van der Waals surface area contributed by atoms with Crippen LogP contribution in [0.15, 0.2) is 104 Å². The molecular weight excluding hydrogens is 861 g/mol. The van der Waals surface area contributed by atoms with Gasteiger partial charge in [-0.15, -0.1) is 16.5 Å². The number of fused-ring (bicyclic) bond motifs is 2. The number of thiazole rings is 1. The highest BCUT2D eigenvalue weighted by atomic mass is 32.2. The number of aromatic nitrogens is 1. The van der Waals surface area contributed by atoms with Crippen molar-refractivity contribution in [2.24, 2.45) is 10.2 Å². The number of hydrogen-bond acceptors (Lipinski definition) is 16. The predicted molar refractivity (Wildman–Crippen MR) is 238 cm³/mol. The van der Waals surface area contributed by atoms with E-state index in [-0.39, 0.29) is 20.7 Å². The maximum atomic E-state index is 13.0. The highest BCUT2D eigenvalue weighted by Crippen LogP contribution is 2.36. The normalized spacial score (nSPS) is 13.9. The number of carbonyl (C=O) groups is 1. The van der Waals surface area contributed by atoms with Crippen molar-refractivity contribution in [1.29, 1.82) is 0 Å². The molecule has 0 aliphatic rings. The van der Waals surface area contributed by atoms with Gasteiger partial charge in [0.05, 0.1) is 64.6 Å². The van der Waals surface area contributed by atoms with E-state index in [9.17, 15) is 35.8 Å². The summed E-state index contributed by atoms with van der Waals surface area (Å²) in [6.07, 6.45) is -0.00463. The first-order valence-electron chi connectivity index (χ1n) is 19.5. The van der Waals surface area contributed by atoms with E-state index in [0.29, 0.717) is 52.4 Å². The number of aliphatic hydroxyl groups is 4. The van der Waals surface area contributed by atoms with Crippen LogP contribution < -0.4 is 10.2 Å². The van der Waals surface area contributed by atoms with Gasteiger partial charge in [-0.25, -0.2) is 21.8 Å². The number of nitrogens with one attached hydrogen (secondary N) is 2. The van der Waals surface area contributed by atoms with Crippen LogP contribution in [-0.2, 0) is 25.0 Å². The largest absolute Gasteiger partial charge is 0.744 e. The monoisotopic (exact) mass is 915 g/mol. The second-order valence-corrected chi connectivity index (χ2v) is 18.7. The Morgan fingerprint density at radius 1 is 0.855 bits per heavy atom. The average molecular weight is 916 g/mol. The summed E-state index contributed by atoms with van der Waals surface area (Å²) in [7, 11) is -5.13. The third-order valence-electron chi connectivity index (χ3n) is 8.61. The van der Waals surface area contributed by atoms with E-state index < -0.39 is 60.8 Å². The van der Waals surface area contributed by atoms with E-state index in [1.165, 1.54) is 67.3 Å². The third kappa shape index (κ3) is 15.6. The van der Waals surface area contributed by atoms with E-state index in [0.717, 1.165) is 11.3 Å². The van der Waals surface area contributed by atoms with Gasteiger partial charge in [0.25, 0.3) is 5.91 Å². The lowest BCUT2D eigenvalue weighted by atomic mass is 10.1. The number of azo groups is 1. The number of carbonyl (C=O) groups excluding carboxylic acids is 1. The Hall–Kier alpha value is -4.74. The lowest BCUT2D eigenvalue weighted by Crippen LogP contribution is -3.05. The smallest absolute Gasteiger partial charge is 0.279 e. The van der Waals surface area contributed by atoms with E-state index >= 15 is 0 Å². The molecule has 0 aliphatic heterocycles. The van der Waals surface area contributed by atoms with Crippen molar-refractivity contribution < 1.29 is 56.1 Å². The second-order valence-electron chi connectivity index (χ2n) is 15.0. The van der Waals surface area contributed by atoms with Gasteiger partial charge in [-0.05, 0) is 89.1 Å². The van der Waals surface area contributed by atoms with Crippen molar-refractivity contribution >= 4 is 69.8 Å². The SMILES string of the molecule is C/C(O)=C(\N=Nc1ccc(-c2nc3ccc(C)c(S(=O)(=O)[O-])c3s2)cc1)C(=O)Nc1cccc2c(S(=O)(=O)[O-])cccc12.CC(O)CN(CC(C)O)CC(C)O.CCC[NH+](C)C. The van der Waals surface area contributed by atoms with Crippen LogP contribution in [0.25, 0.3) is 31.6 Å². The number of amides is 1. The third-order valence-corrected chi connectivity index (χ3v) is 11.8. The fourth-order valence-electron chi connectivity index (χ4n) is 6.20. The summed E-state index contributed by atoms with van der Waals surface area (Å²) >= 11 is 1.07. The molecule has 0 saturated carbocycles. The Balaban J connectivity index is 0.000000449. The van der Waals surface area contributed by atoms with Gasteiger partial charge in [-0.2, -0.15) is 5.11 Å². The van der Waals surface area contributed by atoms with Gasteiger partial charge in [0, 0.05) is 41.7 Å². The van der Waals surface area contributed by atoms with Crippen molar-refractivity contribution in [3.05, 3.63) is 89.8 Å². The summed E-state index contributed by atoms with van der Waals surface area (Å²) in [6.45, 7) is 12.8. The van der Waals surface area contributed by atoms with Crippen LogP contribution in [-0.4, -0.2) is 121 Å². The quantitative estimate of drug-likeness (QED) is 0.0360.